The molecule has 1 aromatic carbocycles. The third-order valence-corrected chi connectivity index (χ3v) is 3.77. The third-order valence-electron chi connectivity index (χ3n) is 3.03. The minimum atomic E-state index is -4.74. The Morgan fingerprint density at radius 1 is 1.00 bits per heavy atom. The number of rotatable bonds is 5. The van der Waals surface area contributed by atoms with Crippen LogP contribution in [0.3, 0.4) is 0 Å². The zero-order valence-corrected chi connectivity index (χ0v) is 16.5. The molecule has 0 unspecified atom stereocenters. The van der Waals surface area contributed by atoms with Crippen LogP contribution < -0.4 is 10.6 Å². The molecule has 2 rings (SSSR count). The van der Waals surface area contributed by atoms with E-state index in [2.05, 4.69) is 30.8 Å². The highest BCUT2D eigenvalue weighted by molar-refractivity contribution is 6.42. The number of anilines is 1. The second kappa shape index (κ2) is 9.99. The van der Waals surface area contributed by atoms with Gasteiger partial charge in [0.1, 0.15) is 5.84 Å². The molecule has 0 aliphatic carbocycles. The van der Waals surface area contributed by atoms with E-state index >= 15 is 0 Å². The van der Waals surface area contributed by atoms with Crippen LogP contribution in [0.5, 0.6) is 0 Å². The normalized spacial score (nSPS) is 14.1. The van der Waals surface area contributed by atoms with Crippen molar-refractivity contribution in [3.05, 3.63) is 57.8 Å². The van der Waals surface area contributed by atoms with Gasteiger partial charge < -0.3 is 14.8 Å². The third kappa shape index (κ3) is 9.24. The summed E-state index contributed by atoms with van der Waals surface area (Å²) in [5.74, 6) is -1.77. The molecule has 2 N–H and O–H groups in total. The Morgan fingerprint density at radius 3 is 2.26 bits per heavy atom. The van der Waals surface area contributed by atoms with Gasteiger partial charge in [-0.2, -0.15) is 31.3 Å². The van der Waals surface area contributed by atoms with Gasteiger partial charge in [0.15, 0.2) is 19.0 Å². The summed E-state index contributed by atoms with van der Waals surface area (Å²) in [4.78, 5) is 15.7. The number of amidine groups is 1. The molecule has 1 aromatic rings. The number of alkyl halides is 6. The number of urea groups is 1. The molecule has 0 saturated heterocycles. The van der Waals surface area contributed by atoms with Crippen LogP contribution in [0.15, 0.2) is 52.7 Å². The van der Waals surface area contributed by atoms with Crippen LogP contribution in [0.25, 0.3) is 0 Å². The van der Waals surface area contributed by atoms with Crippen molar-refractivity contribution in [3.8, 4) is 0 Å². The quantitative estimate of drug-likeness (QED) is 0.419. The number of halogens is 8. The topological polar surface area (TPSA) is 72.0 Å². The van der Waals surface area contributed by atoms with Crippen molar-refractivity contribution in [1.82, 2.24) is 5.32 Å². The van der Waals surface area contributed by atoms with E-state index in [9.17, 15) is 31.1 Å². The van der Waals surface area contributed by atoms with E-state index in [4.69, 9.17) is 23.2 Å². The van der Waals surface area contributed by atoms with Crippen molar-refractivity contribution < 1.29 is 40.6 Å². The number of aliphatic imine (C=N–C) groups is 1. The molecule has 1 aliphatic heterocycles. The maximum Gasteiger partial charge on any atom is 0.422 e. The maximum atomic E-state index is 12.4. The van der Waals surface area contributed by atoms with Crippen LogP contribution in [-0.2, 0) is 9.47 Å². The van der Waals surface area contributed by atoms with Gasteiger partial charge in [-0.15, -0.1) is 0 Å². The number of hydrogen-bond acceptors (Lipinski definition) is 4. The lowest BCUT2D eigenvalue weighted by molar-refractivity contribution is -0.165. The lowest BCUT2D eigenvalue weighted by Crippen LogP contribution is -2.33. The van der Waals surface area contributed by atoms with Gasteiger partial charge in [-0.05, 0) is 18.2 Å². The summed E-state index contributed by atoms with van der Waals surface area (Å²) in [7, 11) is 0. The molecule has 1 aliphatic rings. The minimum absolute atomic E-state index is 0.145. The minimum Gasteiger partial charge on any atom is -0.476 e. The first-order chi connectivity index (χ1) is 14.3. The largest absolute Gasteiger partial charge is 0.476 e. The maximum absolute atomic E-state index is 12.4. The van der Waals surface area contributed by atoms with Crippen LogP contribution in [0.4, 0.5) is 36.8 Å². The highest BCUT2D eigenvalue weighted by atomic mass is 35.5. The number of nitrogens with zero attached hydrogens (tertiary/aromatic N) is 1. The number of carbonyl (C=O) groups excluding carboxylic acids is 1. The lowest BCUT2D eigenvalue weighted by Gasteiger charge is -2.11. The number of ether oxygens (including phenoxy) is 2. The predicted octanol–water partition coefficient (Wildman–Crippen LogP) is 5.57. The van der Waals surface area contributed by atoms with Gasteiger partial charge in [0.2, 0.25) is 5.88 Å². The second-order valence-electron chi connectivity index (χ2n) is 5.65. The van der Waals surface area contributed by atoms with E-state index in [0.29, 0.717) is 6.08 Å². The molecule has 0 bridgehead atoms. The molecule has 0 aromatic heterocycles. The Labute approximate surface area is 180 Å². The van der Waals surface area contributed by atoms with Crippen LogP contribution in [0.2, 0.25) is 10.0 Å². The van der Waals surface area contributed by atoms with Crippen LogP contribution >= 0.6 is 23.2 Å². The van der Waals surface area contributed by atoms with Crippen molar-refractivity contribution in [2.75, 3.05) is 18.5 Å². The summed E-state index contributed by atoms with van der Waals surface area (Å²) in [6.45, 7) is -3.51. The molecule has 2 amide bonds. The average molecular weight is 490 g/mol. The molecule has 31 heavy (non-hydrogen) atoms. The van der Waals surface area contributed by atoms with Gasteiger partial charge in [-0.1, -0.05) is 28.9 Å². The van der Waals surface area contributed by atoms with E-state index < -0.39 is 49.1 Å². The molecule has 168 valence electrons. The van der Waals surface area contributed by atoms with E-state index in [1.165, 1.54) is 18.2 Å². The molecule has 0 saturated carbocycles. The van der Waals surface area contributed by atoms with E-state index in [-0.39, 0.29) is 15.7 Å². The fourth-order valence-corrected chi connectivity index (χ4v) is 2.16. The highest BCUT2D eigenvalue weighted by Gasteiger charge is 2.30. The number of amides is 2. The zero-order chi connectivity index (χ0) is 23.2. The fraction of sp³-hybridized carbons (Fsp3) is 0.235. The number of hydrogen-bond donors (Lipinski definition) is 2. The first-order valence-electron chi connectivity index (χ1n) is 8.00. The monoisotopic (exact) mass is 489 g/mol. The Hall–Kier alpha value is -2.82. The Morgan fingerprint density at radius 2 is 1.65 bits per heavy atom. The number of nitrogens with one attached hydrogen (secondary N) is 2. The summed E-state index contributed by atoms with van der Waals surface area (Å²) in [5, 5.41) is 4.91. The summed E-state index contributed by atoms with van der Waals surface area (Å²) in [6.07, 6.45) is -7.89. The summed E-state index contributed by atoms with van der Waals surface area (Å²) in [6, 6.07) is 3.25. The van der Waals surface area contributed by atoms with Gasteiger partial charge in [-0.25, -0.2) is 4.79 Å². The summed E-state index contributed by atoms with van der Waals surface area (Å²) in [5.41, 5.74) is 2.46. The van der Waals surface area contributed by atoms with E-state index in [1.807, 2.05) is 0 Å². The summed E-state index contributed by atoms with van der Waals surface area (Å²) >= 11 is 11.6. The number of benzene rings is 1. The van der Waals surface area contributed by atoms with Gasteiger partial charge >= 0.3 is 18.4 Å². The lowest BCUT2D eigenvalue weighted by atomic mass is 10.3. The summed E-state index contributed by atoms with van der Waals surface area (Å²) < 4.78 is 83.1. The van der Waals surface area contributed by atoms with Gasteiger partial charge in [-0.3, -0.25) is 5.32 Å². The van der Waals surface area contributed by atoms with Crippen LogP contribution in [-0.4, -0.2) is 37.4 Å². The first kappa shape index (κ1) is 24.4. The highest BCUT2D eigenvalue weighted by Crippen LogP contribution is 2.25. The zero-order valence-electron chi connectivity index (χ0n) is 15.0. The fourth-order valence-electron chi connectivity index (χ4n) is 1.87. The molecular formula is C17H11Cl2F6N3O3. The van der Waals surface area contributed by atoms with Crippen molar-refractivity contribution >= 4 is 40.8 Å². The van der Waals surface area contributed by atoms with Crippen LogP contribution in [0.1, 0.15) is 0 Å². The molecule has 0 spiro atoms. The van der Waals surface area contributed by atoms with Crippen molar-refractivity contribution in [2.24, 2.45) is 4.99 Å². The van der Waals surface area contributed by atoms with Crippen molar-refractivity contribution in [3.63, 3.8) is 0 Å². The molecule has 0 fully saturated rings. The molecule has 1 heterocycles. The molecule has 14 heteroatoms. The predicted molar refractivity (Wildman–Crippen MR) is 99.7 cm³/mol. The molecule has 0 radical (unpaired) electrons. The SMILES string of the molecule is O=C(NC1=NC(OCC(F)(F)F)=CC(OCC(F)(F)F)=C=C1)Nc1ccc(Cl)c(Cl)c1. The van der Waals surface area contributed by atoms with E-state index in [1.54, 1.807) is 0 Å². The van der Waals surface area contributed by atoms with Crippen molar-refractivity contribution in [2.45, 2.75) is 12.4 Å². The van der Waals surface area contributed by atoms with Gasteiger partial charge in [0.25, 0.3) is 0 Å². The average Bonchev–Trinajstić information content (AvgIpc) is 2.82. The first-order valence-corrected chi connectivity index (χ1v) is 8.75. The van der Waals surface area contributed by atoms with Gasteiger partial charge in [0, 0.05) is 11.8 Å². The Bertz CT molecular complexity index is 967. The molecule has 6 nitrogen and oxygen atoms in total. The second-order valence-corrected chi connectivity index (χ2v) is 6.46. The van der Waals surface area contributed by atoms with Gasteiger partial charge in [0.05, 0.1) is 16.1 Å². The smallest absolute Gasteiger partial charge is 0.422 e. The number of carbonyl (C=O) groups is 1. The molecule has 0 atom stereocenters. The van der Waals surface area contributed by atoms with Crippen LogP contribution in [0, 0.1) is 0 Å². The van der Waals surface area contributed by atoms with Crippen molar-refractivity contribution in [1.29, 1.82) is 0 Å². The van der Waals surface area contributed by atoms with E-state index in [0.717, 1.165) is 6.08 Å². The Balaban J connectivity index is 2.17. The standard InChI is InChI=1S/C17H11Cl2F6N3O3/c18-11-3-1-9(5-12(11)19)26-15(29)28-13-4-2-10(30-7-16(20,21)22)6-14(27-13)31-8-17(23,24)25/h1,3-6H,7-8H2,(H2,26,27,28,29). The Kier molecular flexibility index (Phi) is 7.88. The molecular weight excluding hydrogens is 479 g/mol.